The average molecular weight is 638 g/mol. The van der Waals surface area contributed by atoms with Crippen molar-refractivity contribution in [1.29, 1.82) is 0 Å². The molecule has 12 heteroatoms. The highest BCUT2D eigenvalue weighted by atomic mass is 32.2. The summed E-state index contributed by atoms with van der Waals surface area (Å²) in [6.45, 7) is 0.916. The second kappa shape index (κ2) is 13.4. The number of benzene rings is 2. The zero-order chi connectivity index (χ0) is 31.2. The minimum absolute atomic E-state index is 0.0786. The number of nitrogens with zero attached hydrogens (tertiary/aromatic N) is 4. The highest BCUT2D eigenvalue weighted by Crippen LogP contribution is 2.35. The van der Waals surface area contributed by atoms with Crippen molar-refractivity contribution in [3.63, 3.8) is 0 Å². The standard InChI is InChI=1S/C33H31N7O3S2/c1-45(42,43)18-15-34-22-23-7-4-9-25(19-23)37-33-35-14-13-28(38-33)31-29-12-2-3-16-40(29)39-32(31)24-8-5-10-26(20-24)36-30(41)21-27-11-6-17-44-27/h2-14,16-17,19-20,34H,15,18,21-22H2,1H3,(H,36,41)(H,35,37,38). The van der Waals surface area contributed by atoms with Gasteiger partial charge >= 0.3 is 0 Å². The molecule has 1 amide bonds. The van der Waals surface area contributed by atoms with Gasteiger partial charge in [0, 0.05) is 53.6 Å². The Hall–Kier alpha value is -4.91. The van der Waals surface area contributed by atoms with Gasteiger partial charge in [0.15, 0.2) is 0 Å². The number of aromatic nitrogens is 4. The molecule has 2 aromatic carbocycles. The Balaban J connectivity index is 1.25. The summed E-state index contributed by atoms with van der Waals surface area (Å²) < 4.78 is 24.6. The number of carbonyl (C=O) groups excluding carboxylic acids is 1. The number of amides is 1. The lowest BCUT2D eigenvalue weighted by molar-refractivity contribution is -0.115. The normalized spacial score (nSPS) is 11.5. The summed E-state index contributed by atoms with van der Waals surface area (Å²) in [7, 11) is -3.01. The Bertz CT molecular complexity index is 2060. The van der Waals surface area contributed by atoms with Gasteiger partial charge in [0.25, 0.3) is 0 Å². The molecule has 45 heavy (non-hydrogen) atoms. The van der Waals surface area contributed by atoms with Crippen molar-refractivity contribution >= 4 is 49.9 Å². The number of hydrogen-bond acceptors (Lipinski definition) is 9. The van der Waals surface area contributed by atoms with Crippen LogP contribution >= 0.6 is 11.3 Å². The summed E-state index contributed by atoms with van der Waals surface area (Å²) in [5.41, 5.74) is 6.47. The lowest BCUT2D eigenvalue weighted by Gasteiger charge is -2.10. The van der Waals surface area contributed by atoms with E-state index in [1.807, 2.05) is 101 Å². The van der Waals surface area contributed by atoms with Crippen LogP contribution < -0.4 is 16.0 Å². The van der Waals surface area contributed by atoms with Crippen LogP contribution in [0.4, 0.5) is 17.3 Å². The molecule has 0 aliphatic heterocycles. The molecule has 0 fully saturated rings. The van der Waals surface area contributed by atoms with E-state index in [1.54, 1.807) is 17.5 Å². The first-order valence-corrected chi connectivity index (χ1v) is 17.2. The van der Waals surface area contributed by atoms with E-state index in [1.165, 1.54) is 6.26 Å². The number of nitrogens with one attached hydrogen (secondary N) is 3. The van der Waals surface area contributed by atoms with Gasteiger partial charge in [-0.05, 0) is 59.5 Å². The largest absolute Gasteiger partial charge is 0.326 e. The molecule has 0 saturated heterocycles. The quantitative estimate of drug-likeness (QED) is 0.148. The van der Waals surface area contributed by atoms with Gasteiger partial charge in [-0.2, -0.15) is 5.10 Å². The van der Waals surface area contributed by atoms with Gasteiger partial charge in [-0.25, -0.2) is 22.9 Å². The molecule has 228 valence electrons. The van der Waals surface area contributed by atoms with Crippen LogP contribution in [0.2, 0.25) is 0 Å². The SMILES string of the molecule is CS(=O)(=O)CCNCc1cccc(Nc2nccc(-c3c(-c4cccc(NC(=O)Cc5cccs5)c4)nn4ccccc34)n2)c1. The summed E-state index contributed by atoms with van der Waals surface area (Å²) in [4.78, 5) is 23.0. The first kappa shape index (κ1) is 30.1. The smallest absolute Gasteiger partial charge is 0.229 e. The Morgan fingerprint density at radius 3 is 2.67 bits per heavy atom. The van der Waals surface area contributed by atoms with E-state index in [0.29, 0.717) is 36.8 Å². The third kappa shape index (κ3) is 7.79. The number of sulfone groups is 1. The first-order chi connectivity index (χ1) is 21.8. The number of pyridine rings is 1. The van der Waals surface area contributed by atoms with E-state index in [4.69, 9.17) is 10.1 Å². The molecule has 4 heterocycles. The lowest BCUT2D eigenvalue weighted by atomic mass is 10.0. The maximum atomic E-state index is 12.7. The van der Waals surface area contributed by atoms with Crippen molar-refractivity contribution in [1.82, 2.24) is 24.9 Å². The Kier molecular flexibility index (Phi) is 8.96. The molecule has 0 unspecified atom stereocenters. The monoisotopic (exact) mass is 637 g/mol. The van der Waals surface area contributed by atoms with Crippen LogP contribution in [0, 0.1) is 0 Å². The van der Waals surface area contributed by atoms with Crippen LogP contribution in [0.3, 0.4) is 0 Å². The van der Waals surface area contributed by atoms with E-state index in [0.717, 1.165) is 38.5 Å². The maximum absolute atomic E-state index is 12.7. The minimum atomic E-state index is -3.01. The highest BCUT2D eigenvalue weighted by Gasteiger charge is 2.19. The third-order valence-electron chi connectivity index (χ3n) is 6.95. The minimum Gasteiger partial charge on any atom is -0.326 e. The molecule has 0 atom stereocenters. The molecule has 0 radical (unpaired) electrons. The van der Waals surface area contributed by atoms with Crippen LogP contribution in [0.15, 0.2) is 103 Å². The molecule has 4 aromatic heterocycles. The average Bonchev–Trinajstić information content (AvgIpc) is 3.67. The predicted molar refractivity (Wildman–Crippen MR) is 179 cm³/mol. The molecule has 0 saturated carbocycles. The fourth-order valence-corrected chi connectivity index (χ4v) is 6.13. The van der Waals surface area contributed by atoms with E-state index in [9.17, 15) is 13.2 Å². The molecule has 0 aliphatic rings. The van der Waals surface area contributed by atoms with E-state index < -0.39 is 9.84 Å². The molecule has 10 nitrogen and oxygen atoms in total. The van der Waals surface area contributed by atoms with Crippen molar-refractivity contribution in [2.45, 2.75) is 13.0 Å². The van der Waals surface area contributed by atoms with Gasteiger partial charge in [-0.15, -0.1) is 11.3 Å². The summed E-state index contributed by atoms with van der Waals surface area (Å²) in [6, 6.07) is 27.1. The van der Waals surface area contributed by atoms with E-state index in [-0.39, 0.29) is 11.7 Å². The van der Waals surface area contributed by atoms with Crippen LogP contribution in [0.25, 0.3) is 28.0 Å². The van der Waals surface area contributed by atoms with Gasteiger partial charge in [0.05, 0.1) is 28.9 Å². The van der Waals surface area contributed by atoms with Gasteiger partial charge in [-0.3, -0.25) is 4.79 Å². The van der Waals surface area contributed by atoms with Crippen molar-refractivity contribution in [2.24, 2.45) is 0 Å². The maximum Gasteiger partial charge on any atom is 0.229 e. The fraction of sp³-hybridized carbons (Fsp3) is 0.152. The van der Waals surface area contributed by atoms with Crippen molar-refractivity contribution in [3.05, 3.63) is 113 Å². The van der Waals surface area contributed by atoms with Gasteiger partial charge in [0.1, 0.15) is 15.5 Å². The van der Waals surface area contributed by atoms with E-state index >= 15 is 0 Å². The molecule has 3 N–H and O–H groups in total. The topological polar surface area (TPSA) is 130 Å². The molecule has 0 spiro atoms. The summed E-state index contributed by atoms with van der Waals surface area (Å²) in [6.07, 6.45) is 5.15. The van der Waals surface area contributed by atoms with Gasteiger partial charge in [-0.1, -0.05) is 36.4 Å². The lowest BCUT2D eigenvalue weighted by Crippen LogP contribution is -2.21. The van der Waals surface area contributed by atoms with Crippen LogP contribution in [-0.2, 0) is 27.6 Å². The number of thiophene rings is 1. The van der Waals surface area contributed by atoms with Crippen molar-refractivity contribution in [3.8, 4) is 22.5 Å². The van der Waals surface area contributed by atoms with Gasteiger partial charge in [0.2, 0.25) is 11.9 Å². The van der Waals surface area contributed by atoms with Crippen LogP contribution in [0.1, 0.15) is 10.4 Å². The summed E-state index contributed by atoms with van der Waals surface area (Å²) >= 11 is 1.56. The van der Waals surface area contributed by atoms with Gasteiger partial charge < -0.3 is 16.0 Å². The predicted octanol–water partition coefficient (Wildman–Crippen LogP) is 5.58. The summed E-state index contributed by atoms with van der Waals surface area (Å²) in [5.74, 6) is 0.432. The highest BCUT2D eigenvalue weighted by molar-refractivity contribution is 7.90. The number of anilines is 3. The first-order valence-electron chi connectivity index (χ1n) is 14.3. The third-order valence-corrected chi connectivity index (χ3v) is 8.77. The molecule has 6 aromatic rings. The number of rotatable bonds is 12. The molecule has 0 aliphatic carbocycles. The van der Waals surface area contributed by atoms with Crippen molar-refractivity contribution in [2.75, 3.05) is 29.2 Å². The Morgan fingerprint density at radius 1 is 0.956 bits per heavy atom. The zero-order valence-electron chi connectivity index (χ0n) is 24.5. The Labute approximate surface area is 265 Å². The molecular formula is C33H31N7O3S2. The summed E-state index contributed by atoms with van der Waals surface area (Å²) in [5, 5.41) is 16.3. The zero-order valence-corrected chi connectivity index (χ0v) is 26.1. The second-order valence-electron chi connectivity index (χ2n) is 10.5. The van der Waals surface area contributed by atoms with Crippen LogP contribution in [0.5, 0.6) is 0 Å². The Morgan fingerprint density at radius 2 is 1.82 bits per heavy atom. The number of carbonyl (C=O) groups is 1. The number of fused-ring (bicyclic) bond motifs is 1. The molecule has 0 bridgehead atoms. The molecular weight excluding hydrogens is 607 g/mol. The molecule has 6 rings (SSSR count). The fourth-order valence-electron chi connectivity index (χ4n) is 4.91. The van der Waals surface area contributed by atoms with Crippen LogP contribution in [-0.4, -0.2) is 52.5 Å². The van der Waals surface area contributed by atoms with E-state index in [2.05, 4.69) is 20.9 Å². The number of hydrogen-bond donors (Lipinski definition) is 3. The van der Waals surface area contributed by atoms with Crippen molar-refractivity contribution < 1.29 is 13.2 Å². The second-order valence-corrected chi connectivity index (χ2v) is 13.8.